The van der Waals surface area contributed by atoms with Gasteiger partial charge >= 0.3 is 5.97 Å². The Kier molecular flexibility index (Phi) is 5.20. The molecule has 2 atom stereocenters. The van der Waals surface area contributed by atoms with Crippen LogP contribution >= 0.6 is 0 Å². The molecule has 0 radical (unpaired) electrons. The highest BCUT2D eigenvalue weighted by molar-refractivity contribution is 5.74. The van der Waals surface area contributed by atoms with E-state index in [0.717, 1.165) is 25.7 Å². The first kappa shape index (κ1) is 15.5. The number of carbonyl (C=O) groups excluding carboxylic acids is 1. The van der Waals surface area contributed by atoms with E-state index in [0.29, 0.717) is 19.4 Å². The van der Waals surface area contributed by atoms with Gasteiger partial charge < -0.3 is 9.84 Å². The summed E-state index contributed by atoms with van der Waals surface area (Å²) in [5, 5.41) is 10.9. The highest BCUT2D eigenvalue weighted by Crippen LogP contribution is 2.45. The van der Waals surface area contributed by atoms with Crippen molar-refractivity contribution >= 4 is 5.97 Å². The number of ether oxygens (including phenoxy) is 1. The third kappa shape index (κ3) is 3.71. The summed E-state index contributed by atoms with van der Waals surface area (Å²) < 4.78 is 5.14. The predicted octanol–water partition coefficient (Wildman–Crippen LogP) is 3.30. The molecule has 1 aliphatic carbocycles. The Bertz CT molecular complexity index is 285. The van der Waals surface area contributed by atoms with Crippen molar-refractivity contribution in [2.45, 2.75) is 71.8 Å². The summed E-state index contributed by atoms with van der Waals surface area (Å²) in [7, 11) is 0. The van der Waals surface area contributed by atoms with Gasteiger partial charge in [-0.05, 0) is 38.0 Å². The molecule has 1 fully saturated rings. The lowest BCUT2D eigenvalue weighted by Gasteiger charge is -2.45. The van der Waals surface area contributed by atoms with E-state index in [1.165, 1.54) is 0 Å². The second kappa shape index (κ2) is 6.05. The number of esters is 1. The molecule has 0 bridgehead atoms. The molecule has 0 amide bonds. The van der Waals surface area contributed by atoms with Gasteiger partial charge in [0, 0.05) is 0 Å². The minimum atomic E-state index is -0.871. The van der Waals surface area contributed by atoms with Crippen LogP contribution in [0.15, 0.2) is 0 Å². The van der Waals surface area contributed by atoms with Crippen LogP contribution < -0.4 is 0 Å². The Hall–Kier alpha value is -0.570. The summed E-state index contributed by atoms with van der Waals surface area (Å²) in [5.41, 5.74) is -0.754. The van der Waals surface area contributed by atoms with E-state index in [1.807, 2.05) is 13.8 Å². The lowest BCUT2D eigenvalue weighted by atomic mass is 9.64. The van der Waals surface area contributed by atoms with Gasteiger partial charge in [0.2, 0.25) is 0 Å². The quantitative estimate of drug-likeness (QED) is 0.768. The number of carbonyl (C=O) groups is 1. The van der Waals surface area contributed by atoms with Gasteiger partial charge in [-0.3, -0.25) is 4.79 Å². The zero-order valence-electron chi connectivity index (χ0n) is 12.3. The lowest BCUT2D eigenvalue weighted by Crippen LogP contribution is -2.48. The second-order valence-corrected chi connectivity index (χ2v) is 6.39. The Morgan fingerprint density at radius 2 is 2.00 bits per heavy atom. The summed E-state index contributed by atoms with van der Waals surface area (Å²) in [6.07, 6.45) is 5.14. The molecule has 3 heteroatoms. The molecule has 2 unspecified atom stereocenters. The maximum atomic E-state index is 12.1. The molecule has 0 saturated heterocycles. The van der Waals surface area contributed by atoms with Crippen LogP contribution in [0.25, 0.3) is 0 Å². The fraction of sp³-hybridized carbons (Fsp3) is 0.933. The molecule has 1 aliphatic rings. The first-order chi connectivity index (χ1) is 8.34. The molecule has 18 heavy (non-hydrogen) atoms. The maximum absolute atomic E-state index is 12.1. The van der Waals surface area contributed by atoms with Crippen molar-refractivity contribution in [1.82, 2.24) is 0 Å². The highest BCUT2D eigenvalue weighted by atomic mass is 16.5. The zero-order valence-corrected chi connectivity index (χ0v) is 12.3. The third-order valence-corrected chi connectivity index (χ3v) is 4.05. The van der Waals surface area contributed by atoms with Crippen molar-refractivity contribution in [2.75, 3.05) is 6.61 Å². The summed E-state index contributed by atoms with van der Waals surface area (Å²) >= 11 is 0. The topological polar surface area (TPSA) is 46.5 Å². The number of aliphatic hydroxyl groups is 1. The molecule has 0 aromatic rings. The fourth-order valence-corrected chi connectivity index (χ4v) is 3.31. The number of hydrogen-bond donors (Lipinski definition) is 1. The van der Waals surface area contributed by atoms with Gasteiger partial charge in [0.25, 0.3) is 0 Å². The van der Waals surface area contributed by atoms with Crippen LogP contribution in [0.1, 0.15) is 66.2 Å². The SMILES string of the molecule is CCCC(C(=O)OCC)C1(O)CCCC(C)(C)C1. The van der Waals surface area contributed by atoms with E-state index < -0.39 is 5.60 Å². The molecule has 1 rings (SSSR count). The monoisotopic (exact) mass is 256 g/mol. The minimum Gasteiger partial charge on any atom is -0.466 e. The van der Waals surface area contributed by atoms with E-state index in [2.05, 4.69) is 13.8 Å². The fourth-order valence-electron chi connectivity index (χ4n) is 3.31. The molecule has 1 N–H and O–H groups in total. The molecule has 3 nitrogen and oxygen atoms in total. The van der Waals surface area contributed by atoms with E-state index in [4.69, 9.17) is 4.74 Å². The van der Waals surface area contributed by atoms with E-state index in [1.54, 1.807) is 0 Å². The van der Waals surface area contributed by atoms with E-state index in [-0.39, 0.29) is 17.3 Å². The van der Waals surface area contributed by atoms with Crippen molar-refractivity contribution in [3.05, 3.63) is 0 Å². The third-order valence-electron chi connectivity index (χ3n) is 4.05. The Balaban J connectivity index is 2.85. The van der Waals surface area contributed by atoms with Gasteiger partial charge in [0.15, 0.2) is 0 Å². The van der Waals surface area contributed by atoms with Gasteiger partial charge in [-0.1, -0.05) is 33.6 Å². The standard InChI is InChI=1S/C15H28O3/c1-5-8-12(13(16)18-6-2)15(17)10-7-9-14(3,4)11-15/h12,17H,5-11H2,1-4H3. The van der Waals surface area contributed by atoms with Crippen molar-refractivity contribution in [3.8, 4) is 0 Å². The summed E-state index contributed by atoms with van der Waals surface area (Å²) in [6, 6.07) is 0. The first-order valence-electron chi connectivity index (χ1n) is 7.23. The van der Waals surface area contributed by atoms with Crippen molar-refractivity contribution in [2.24, 2.45) is 11.3 Å². The Morgan fingerprint density at radius 3 is 2.50 bits per heavy atom. The molecule has 0 spiro atoms. The average Bonchev–Trinajstić information content (AvgIpc) is 2.24. The molecule has 106 valence electrons. The molecular weight excluding hydrogens is 228 g/mol. The zero-order chi connectivity index (χ0) is 13.8. The molecule has 0 heterocycles. The van der Waals surface area contributed by atoms with Crippen LogP contribution in [0.3, 0.4) is 0 Å². The van der Waals surface area contributed by atoms with Gasteiger partial charge in [-0.25, -0.2) is 0 Å². The molecule has 0 aliphatic heterocycles. The van der Waals surface area contributed by atoms with Crippen LogP contribution in [0, 0.1) is 11.3 Å². The highest BCUT2D eigenvalue weighted by Gasteiger charge is 2.47. The van der Waals surface area contributed by atoms with E-state index in [9.17, 15) is 9.90 Å². The first-order valence-corrected chi connectivity index (χ1v) is 7.23. The minimum absolute atomic E-state index is 0.117. The Morgan fingerprint density at radius 1 is 1.33 bits per heavy atom. The van der Waals surface area contributed by atoms with Gasteiger partial charge in [-0.2, -0.15) is 0 Å². The predicted molar refractivity (Wildman–Crippen MR) is 72.2 cm³/mol. The average molecular weight is 256 g/mol. The van der Waals surface area contributed by atoms with Crippen LogP contribution in [-0.2, 0) is 9.53 Å². The van der Waals surface area contributed by atoms with Crippen molar-refractivity contribution < 1.29 is 14.6 Å². The number of rotatable bonds is 5. The van der Waals surface area contributed by atoms with Gasteiger partial charge in [0.1, 0.15) is 0 Å². The molecule has 0 aromatic carbocycles. The van der Waals surface area contributed by atoms with Crippen molar-refractivity contribution in [3.63, 3.8) is 0 Å². The summed E-state index contributed by atoms with van der Waals surface area (Å²) in [4.78, 5) is 12.1. The smallest absolute Gasteiger partial charge is 0.311 e. The van der Waals surface area contributed by atoms with Crippen molar-refractivity contribution in [1.29, 1.82) is 0 Å². The number of hydrogen-bond acceptors (Lipinski definition) is 3. The lowest BCUT2D eigenvalue weighted by molar-refractivity contribution is -0.165. The molecule has 0 aromatic heterocycles. The normalized spacial score (nSPS) is 28.7. The van der Waals surface area contributed by atoms with Crippen LogP contribution in [-0.4, -0.2) is 23.3 Å². The van der Waals surface area contributed by atoms with Gasteiger partial charge in [0.05, 0.1) is 18.1 Å². The summed E-state index contributed by atoms with van der Waals surface area (Å²) in [5.74, 6) is -0.582. The second-order valence-electron chi connectivity index (χ2n) is 6.39. The maximum Gasteiger partial charge on any atom is 0.311 e. The van der Waals surface area contributed by atoms with Crippen LogP contribution in [0.4, 0.5) is 0 Å². The molecular formula is C15H28O3. The van der Waals surface area contributed by atoms with E-state index >= 15 is 0 Å². The Labute approximate surface area is 111 Å². The summed E-state index contributed by atoms with van der Waals surface area (Å²) in [6.45, 7) is 8.59. The van der Waals surface area contributed by atoms with Crippen LogP contribution in [0.2, 0.25) is 0 Å². The largest absolute Gasteiger partial charge is 0.466 e. The van der Waals surface area contributed by atoms with Crippen LogP contribution in [0.5, 0.6) is 0 Å². The molecule has 1 saturated carbocycles. The van der Waals surface area contributed by atoms with Gasteiger partial charge in [-0.15, -0.1) is 0 Å².